The number of benzene rings is 2. The topological polar surface area (TPSA) is 64.4 Å². The highest BCUT2D eigenvalue weighted by atomic mass is 16.5. The Labute approximate surface area is 163 Å². The van der Waals surface area contributed by atoms with Gasteiger partial charge in [0.05, 0.1) is 31.4 Å². The van der Waals surface area contributed by atoms with Crippen LogP contribution in [0.25, 0.3) is 10.9 Å². The normalized spacial score (nSPS) is 16.5. The van der Waals surface area contributed by atoms with E-state index in [1.807, 2.05) is 47.4 Å². The van der Waals surface area contributed by atoms with Crippen molar-refractivity contribution in [1.29, 1.82) is 0 Å². The summed E-state index contributed by atoms with van der Waals surface area (Å²) >= 11 is 0. The van der Waals surface area contributed by atoms with Crippen LogP contribution in [0, 0.1) is 0 Å². The van der Waals surface area contributed by atoms with Crippen molar-refractivity contribution in [3.8, 4) is 5.75 Å². The number of hydrogen-bond acceptors (Lipinski definition) is 4. The number of rotatable bonds is 5. The molecule has 2 heterocycles. The monoisotopic (exact) mass is 377 g/mol. The average Bonchev–Trinajstić information content (AvgIpc) is 3.23. The minimum atomic E-state index is -0.0997. The van der Waals surface area contributed by atoms with Gasteiger partial charge < -0.3 is 9.64 Å². The number of fused-ring (bicyclic) bond motifs is 1. The maximum Gasteiger partial charge on any atom is 0.224 e. The molecule has 144 valence electrons. The third-order valence-electron chi connectivity index (χ3n) is 5.37. The number of amides is 1. The molecule has 1 aliphatic heterocycles. The van der Waals surface area contributed by atoms with Gasteiger partial charge in [0.2, 0.25) is 11.3 Å². The summed E-state index contributed by atoms with van der Waals surface area (Å²) in [6, 6.07) is 15.4. The van der Waals surface area contributed by atoms with Gasteiger partial charge in [-0.2, -0.15) is 5.10 Å². The zero-order valence-corrected chi connectivity index (χ0v) is 15.9. The zero-order chi connectivity index (χ0) is 19.5. The number of carbonyl (C=O) groups is 1. The van der Waals surface area contributed by atoms with Crippen LogP contribution in [0.4, 0.5) is 0 Å². The van der Waals surface area contributed by atoms with Crippen LogP contribution in [0.15, 0.2) is 59.5 Å². The van der Waals surface area contributed by atoms with Crippen LogP contribution in [-0.2, 0) is 11.3 Å². The fourth-order valence-corrected chi connectivity index (χ4v) is 3.92. The predicted octanol–water partition coefficient (Wildman–Crippen LogP) is 3.16. The van der Waals surface area contributed by atoms with Crippen molar-refractivity contribution in [3.63, 3.8) is 0 Å². The number of carbonyl (C=O) groups excluding carboxylic acids is 1. The largest absolute Gasteiger partial charge is 0.497 e. The van der Waals surface area contributed by atoms with Gasteiger partial charge in [-0.15, -0.1) is 0 Å². The number of aryl methyl sites for hydroxylation is 1. The highest BCUT2D eigenvalue weighted by Gasteiger charge is 2.29. The molecule has 1 atom stereocenters. The second-order valence-corrected chi connectivity index (χ2v) is 7.02. The Morgan fingerprint density at radius 2 is 1.96 bits per heavy atom. The molecule has 0 bridgehead atoms. The van der Waals surface area contributed by atoms with Crippen LogP contribution in [0.2, 0.25) is 0 Å². The van der Waals surface area contributed by atoms with E-state index in [0.717, 1.165) is 36.2 Å². The van der Waals surface area contributed by atoms with Crippen molar-refractivity contribution in [2.45, 2.75) is 31.8 Å². The van der Waals surface area contributed by atoms with Crippen molar-refractivity contribution in [2.75, 3.05) is 13.7 Å². The minimum Gasteiger partial charge on any atom is -0.497 e. The third-order valence-corrected chi connectivity index (χ3v) is 5.37. The first-order valence-electron chi connectivity index (χ1n) is 9.55. The molecule has 0 saturated carbocycles. The van der Waals surface area contributed by atoms with E-state index in [9.17, 15) is 9.59 Å². The van der Waals surface area contributed by atoms with Crippen molar-refractivity contribution in [1.82, 2.24) is 14.7 Å². The van der Waals surface area contributed by atoms with E-state index >= 15 is 0 Å². The van der Waals surface area contributed by atoms with Gasteiger partial charge in [-0.25, -0.2) is 0 Å². The maximum absolute atomic E-state index is 12.9. The van der Waals surface area contributed by atoms with Gasteiger partial charge in [-0.05, 0) is 42.7 Å². The summed E-state index contributed by atoms with van der Waals surface area (Å²) in [6.45, 7) is 1.22. The quantitative estimate of drug-likeness (QED) is 0.685. The van der Waals surface area contributed by atoms with E-state index in [0.29, 0.717) is 18.4 Å². The molecule has 1 aliphatic rings. The summed E-state index contributed by atoms with van der Waals surface area (Å²) in [6.07, 6.45) is 3.65. The molecule has 1 amide bonds. The summed E-state index contributed by atoms with van der Waals surface area (Å²) in [5.41, 5.74) is 1.80. The SMILES string of the molecule is COc1ccc(C2CCCN2C(=O)CCn2ncc(=O)c3ccccc32)cc1. The first-order valence-corrected chi connectivity index (χ1v) is 9.55. The Bertz CT molecular complexity index is 1040. The Morgan fingerprint density at radius 3 is 2.75 bits per heavy atom. The Hall–Kier alpha value is -3.15. The molecule has 6 heteroatoms. The van der Waals surface area contributed by atoms with Crippen molar-refractivity contribution >= 4 is 16.8 Å². The number of methoxy groups -OCH3 is 1. The Morgan fingerprint density at radius 1 is 1.18 bits per heavy atom. The fourth-order valence-electron chi connectivity index (χ4n) is 3.92. The summed E-state index contributed by atoms with van der Waals surface area (Å²) in [5, 5.41) is 4.85. The molecule has 0 spiro atoms. The van der Waals surface area contributed by atoms with Crippen LogP contribution in [0.1, 0.15) is 30.9 Å². The molecule has 4 rings (SSSR count). The van der Waals surface area contributed by atoms with Crippen LogP contribution in [-0.4, -0.2) is 34.2 Å². The summed E-state index contributed by atoms with van der Waals surface area (Å²) in [5.74, 6) is 0.929. The lowest BCUT2D eigenvalue weighted by Gasteiger charge is -2.25. The van der Waals surface area contributed by atoms with E-state index in [1.165, 1.54) is 6.20 Å². The van der Waals surface area contributed by atoms with Gasteiger partial charge in [0.1, 0.15) is 5.75 Å². The fraction of sp³-hybridized carbons (Fsp3) is 0.318. The second kappa shape index (κ2) is 7.84. The lowest BCUT2D eigenvalue weighted by Crippen LogP contribution is -2.31. The lowest BCUT2D eigenvalue weighted by atomic mass is 10.0. The summed E-state index contributed by atoms with van der Waals surface area (Å²) in [7, 11) is 1.65. The van der Waals surface area contributed by atoms with Crippen LogP contribution >= 0.6 is 0 Å². The van der Waals surface area contributed by atoms with Gasteiger partial charge in [0.15, 0.2) is 0 Å². The molecule has 6 nitrogen and oxygen atoms in total. The molecular weight excluding hydrogens is 354 g/mol. The molecule has 0 radical (unpaired) electrons. The lowest BCUT2D eigenvalue weighted by molar-refractivity contribution is -0.132. The second-order valence-electron chi connectivity index (χ2n) is 7.02. The molecule has 3 aromatic rings. The molecule has 1 aromatic heterocycles. The highest BCUT2D eigenvalue weighted by Crippen LogP contribution is 2.33. The molecule has 1 saturated heterocycles. The number of para-hydroxylation sites is 1. The smallest absolute Gasteiger partial charge is 0.224 e. The van der Waals surface area contributed by atoms with Crippen molar-refractivity contribution in [2.24, 2.45) is 0 Å². The first kappa shape index (κ1) is 18.2. The van der Waals surface area contributed by atoms with E-state index in [2.05, 4.69) is 5.10 Å². The van der Waals surface area contributed by atoms with Gasteiger partial charge in [-0.1, -0.05) is 24.3 Å². The average molecular weight is 377 g/mol. The van der Waals surface area contributed by atoms with Crippen LogP contribution < -0.4 is 10.2 Å². The van der Waals surface area contributed by atoms with Crippen LogP contribution in [0.3, 0.4) is 0 Å². The molecule has 0 aliphatic carbocycles. The van der Waals surface area contributed by atoms with Crippen molar-refractivity contribution in [3.05, 3.63) is 70.5 Å². The van der Waals surface area contributed by atoms with Gasteiger partial charge >= 0.3 is 0 Å². The van der Waals surface area contributed by atoms with Crippen molar-refractivity contribution < 1.29 is 9.53 Å². The van der Waals surface area contributed by atoms with Gasteiger partial charge in [-0.3, -0.25) is 14.3 Å². The standard InChI is InChI=1S/C22H23N3O3/c1-28-17-10-8-16(9-11-17)19-7-4-13-24(19)22(27)12-14-25-20-6-3-2-5-18(20)21(26)15-23-25/h2-3,5-6,8-11,15,19H,4,7,12-14H2,1H3. The molecular formula is C22H23N3O3. The van der Waals surface area contributed by atoms with Crippen LogP contribution in [0.5, 0.6) is 5.75 Å². The molecule has 28 heavy (non-hydrogen) atoms. The highest BCUT2D eigenvalue weighted by molar-refractivity contribution is 5.79. The third kappa shape index (κ3) is 3.50. The molecule has 0 N–H and O–H groups in total. The number of likely N-dealkylation sites (tertiary alicyclic amines) is 1. The Kier molecular flexibility index (Phi) is 5.10. The summed E-state index contributed by atoms with van der Waals surface area (Å²) in [4.78, 5) is 26.9. The van der Waals surface area contributed by atoms with Gasteiger partial charge in [0, 0.05) is 18.4 Å². The maximum atomic E-state index is 12.9. The van der Waals surface area contributed by atoms with E-state index in [1.54, 1.807) is 17.9 Å². The van der Waals surface area contributed by atoms with E-state index in [4.69, 9.17) is 4.74 Å². The predicted molar refractivity (Wildman–Crippen MR) is 107 cm³/mol. The molecule has 1 fully saturated rings. The van der Waals surface area contributed by atoms with E-state index in [-0.39, 0.29) is 17.4 Å². The number of ether oxygens (including phenoxy) is 1. The molecule has 1 unspecified atom stereocenters. The minimum absolute atomic E-state index is 0.0997. The Balaban J connectivity index is 1.49. The number of nitrogens with zero attached hydrogens (tertiary/aromatic N) is 3. The van der Waals surface area contributed by atoms with Gasteiger partial charge in [0.25, 0.3) is 0 Å². The first-order chi connectivity index (χ1) is 13.7. The summed E-state index contributed by atoms with van der Waals surface area (Å²) < 4.78 is 6.97. The van der Waals surface area contributed by atoms with E-state index < -0.39 is 0 Å². The number of aromatic nitrogens is 2. The number of hydrogen-bond donors (Lipinski definition) is 0. The zero-order valence-electron chi connectivity index (χ0n) is 15.9. The molecule has 2 aromatic carbocycles.